The Bertz CT molecular complexity index is 560. The average Bonchev–Trinajstić information content (AvgIpc) is 2.72. The number of benzene rings is 1. The van der Waals surface area contributed by atoms with Gasteiger partial charge in [-0.2, -0.15) is 5.10 Å². The molecule has 0 fully saturated rings. The van der Waals surface area contributed by atoms with Crippen molar-refractivity contribution >= 4 is 5.69 Å². The number of aryl methyl sites for hydroxylation is 1. The average molecular weight is 246 g/mol. The van der Waals surface area contributed by atoms with Crippen LogP contribution in [-0.4, -0.2) is 21.9 Å². The molecule has 0 saturated carbocycles. The van der Waals surface area contributed by atoms with E-state index < -0.39 is 0 Å². The highest BCUT2D eigenvalue weighted by atomic mass is 16.5. The van der Waals surface area contributed by atoms with E-state index in [0.717, 1.165) is 17.2 Å². The first-order chi connectivity index (χ1) is 8.52. The summed E-state index contributed by atoms with van der Waals surface area (Å²) in [6.07, 6.45) is 0. The molecule has 0 unspecified atom stereocenters. The van der Waals surface area contributed by atoms with E-state index in [-0.39, 0.29) is 0 Å². The molecule has 0 radical (unpaired) electrons. The number of hydrogen-bond acceptors (Lipinski definition) is 4. The monoisotopic (exact) mass is 246 g/mol. The van der Waals surface area contributed by atoms with Gasteiger partial charge in [0.15, 0.2) is 11.6 Å². The van der Waals surface area contributed by atoms with Crippen LogP contribution in [0.3, 0.4) is 0 Å². The molecule has 0 aliphatic heterocycles. The summed E-state index contributed by atoms with van der Waals surface area (Å²) in [5.74, 6) is 2.61. The van der Waals surface area contributed by atoms with Crippen LogP contribution in [0.25, 0.3) is 11.4 Å². The SMILES string of the molecule is COc1cc(-c2nc(C(C)C)nn2C)ccc1N. The van der Waals surface area contributed by atoms with E-state index in [4.69, 9.17) is 10.5 Å². The second-order valence-corrected chi connectivity index (χ2v) is 4.53. The summed E-state index contributed by atoms with van der Waals surface area (Å²) in [7, 11) is 3.49. The number of ether oxygens (including phenoxy) is 1. The highest BCUT2D eigenvalue weighted by Gasteiger charge is 2.13. The molecular formula is C13H18N4O. The summed E-state index contributed by atoms with van der Waals surface area (Å²) in [4.78, 5) is 4.54. The summed E-state index contributed by atoms with van der Waals surface area (Å²) in [6, 6.07) is 5.62. The third-order valence-electron chi connectivity index (χ3n) is 2.79. The summed E-state index contributed by atoms with van der Waals surface area (Å²) in [5.41, 5.74) is 7.37. The molecular weight excluding hydrogens is 228 g/mol. The van der Waals surface area contributed by atoms with E-state index in [9.17, 15) is 0 Å². The molecule has 2 N–H and O–H groups in total. The first-order valence-electron chi connectivity index (χ1n) is 5.87. The number of nitrogens with two attached hydrogens (primary N) is 1. The van der Waals surface area contributed by atoms with Crippen molar-refractivity contribution in [3.63, 3.8) is 0 Å². The second-order valence-electron chi connectivity index (χ2n) is 4.53. The number of nitrogen functional groups attached to an aromatic ring is 1. The predicted octanol–water partition coefficient (Wildman–Crippen LogP) is 2.20. The molecule has 5 heteroatoms. The van der Waals surface area contributed by atoms with Gasteiger partial charge in [-0.25, -0.2) is 9.67 Å². The molecule has 0 spiro atoms. The number of rotatable bonds is 3. The van der Waals surface area contributed by atoms with Crippen LogP contribution in [0, 0.1) is 0 Å². The van der Waals surface area contributed by atoms with Crippen molar-refractivity contribution in [3.05, 3.63) is 24.0 Å². The van der Waals surface area contributed by atoms with Crippen molar-refractivity contribution in [2.75, 3.05) is 12.8 Å². The number of methoxy groups -OCH3 is 1. The lowest BCUT2D eigenvalue weighted by atomic mass is 10.1. The normalized spacial score (nSPS) is 10.9. The van der Waals surface area contributed by atoms with Gasteiger partial charge in [0.1, 0.15) is 5.75 Å². The Morgan fingerprint density at radius 3 is 2.61 bits per heavy atom. The molecule has 1 aromatic heterocycles. The number of aromatic nitrogens is 3. The maximum absolute atomic E-state index is 5.80. The third-order valence-corrected chi connectivity index (χ3v) is 2.79. The Kier molecular flexibility index (Phi) is 3.23. The van der Waals surface area contributed by atoms with Crippen LogP contribution in [-0.2, 0) is 7.05 Å². The molecule has 0 atom stereocenters. The highest BCUT2D eigenvalue weighted by Crippen LogP contribution is 2.28. The molecule has 96 valence electrons. The Morgan fingerprint density at radius 2 is 2.06 bits per heavy atom. The summed E-state index contributed by atoms with van der Waals surface area (Å²) in [5, 5.41) is 4.40. The zero-order chi connectivity index (χ0) is 13.3. The minimum atomic E-state index is 0.306. The van der Waals surface area contributed by atoms with Crippen LogP contribution in [0.15, 0.2) is 18.2 Å². The van der Waals surface area contributed by atoms with Crippen molar-refractivity contribution in [3.8, 4) is 17.1 Å². The van der Waals surface area contributed by atoms with Gasteiger partial charge in [-0.1, -0.05) is 13.8 Å². The molecule has 1 heterocycles. The van der Waals surface area contributed by atoms with Gasteiger partial charge in [-0.05, 0) is 18.2 Å². The number of anilines is 1. The topological polar surface area (TPSA) is 66.0 Å². The van der Waals surface area contributed by atoms with E-state index in [1.807, 2.05) is 25.2 Å². The fourth-order valence-corrected chi connectivity index (χ4v) is 1.75. The van der Waals surface area contributed by atoms with Gasteiger partial charge in [-0.15, -0.1) is 0 Å². The van der Waals surface area contributed by atoms with Crippen molar-refractivity contribution in [1.29, 1.82) is 0 Å². The van der Waals surface area contributed by atoms with Gasteiger partial charge >= 0.3 is 0 Å². The molecule has 0 aliphatic carbocycles. The largest absolute Gasteiger partial charge is 0.495 e. The molecule has 5 nitrogen and oxygen atoms in total. The van der Waals surface area contributed by atoms with E-state index >= 15 is 0 Å². The Labute approximate surface area is 107 Å². The number of nitrogens with zero attached hydrogens (tertiary/aromatic N) is 3. The first kappa shape index (κ1) is 12.4. The molecule has 0 bridgehead atoms. The van der Waals surface area contributed by atoms with Gasteiger partial charge in [0.2, 0.25) is 0 Å². The fourth-order valence-electron chi connectivity index (χ4n) is 1.75. The minimum absolute atomic E-state index is 0.306. The standard InChI is InChI=1S/C13H18N4O/c1-8(2)12-15-13(17(3)16-12)9-5-6-10(14)11(7-9)18-4/h5-8H,14H2,1-4H3. The summed E-state index contributed by atoms with van der Waals surface area (Å²) < 4.78 is 7.00. The van der Waals surface area contributed by atoms with Gasteiger partial charge < -0.3 is 10.5 Å². The fraction of sp³-hybridized carbons (Fsp3) is 0.385. The Morgan fingerprint density at radius 1 is 1.33 bits per heavy atom. The smallest absolute Gasteiger partial charge is 0.158 e. The molecule has 2 aromatic rings. The molecule has 18 heavy (non-hydrogen) atoms. The maximum atomic E-state index is 5.80. The van der Waals surface area contributed by atoms with Crippen LogP contribution in [0.2, 0.25) is 0 Å². The zero-order valence-electron chi connectivity index (χ0n) is 11.1. The van der Waals surface area contributed by atoms with Crippen molar-refractivity contribution in [2.24, 2.45) is 7.05 Å². The summed E-state index contributed by atoms with van der Waals surface area (Å²) >= 11 is 0. The lowest BCUT2D eigenvalue weighted by Crippen LogP contribution is -1.97. The van der Waals surface area contributed by atoms with E-state index in [0.29, 0.717) is 17.4 Å². The van der Waals surface area contributed by atoms with Crippen molar-refractivity contribution < 1.29 is 4.74 Å². The van der Waals surface area contributed by atoms with Gasteiger partial charge in [-0.3, -0.25) is 0 Å². The first-order valence-corrected chi connectivity index (χ1v) is 5.87. The van der Waals surface area contributed by atoms with E-state index in [1.54, 1.807) is 11.8 Å². The van der Waals surface area contributed by atoms with Gasteiger partial charge in [0.25, 0.3) is 0 Å². The summed E-state index contributed by atoms with van der Waals surface area (Å²) in [6.45, 7) is 4.14. The van der Waals surface area contributed by atoms with E-state index in [2.05, 4.69) is 23.9 Å². The van der Waals surface area contributed by atoms with Crippen molar-refractivity contribution in [2.45, 2.75) is 19.8 Å². The third kappa shape index (κ3) is 2.16. The van der Waals surface area contributed by atoms with Crippen LogP contribution < -0.4 is 10.5 Å². The van der Waals surface area contributed by atoms with Gasteiger partial charge in [0.05, 0.1) is 12.8 Å². The Hall–Kier alpha value is -2.04. The quantitative estimate of drug-likeness (QED) is 0.843. The minimum Gasteiger partial charge on any atom is -0.495 e. The molecule has 1 aromatic carbocycles. The van der Waals surface area contributed by atoms with Crippen LogP contribution in [0.1, 0.15) is 25.6 Å². The number of hydrogen-bond donors (Lipinski definition) is 1. The zero-order valence-corrected chi connectivity index (χ0v) is 11.1. The lowest BCUT2D eigenvalue weighted by molar-refractivity contribution is 0.417. The highest BCUT2D eigenvalue weighted by molar-refractivity contribution is 5.65. The van der Waals surface area contributed by atoms with E-state index in [1.165, 1.54) is 0 Å². The Balaban J connectivity index is 2.48. The maximum Gasteiger partial charge on any atom is 0.158 e. The molecule has 0 saturated heterocycles. The van der Waals surface area contributed by atoms with Crippen molar-refractivity contribution in [1.82, 2.24) is 14.8 Å². The van der Waals surface area contributed by atoms with Crippen LogP contribution in [0.4, 0.5) is 5.69 Å². The second kappa shape index (κ2) is 4.68. The van der Waals surface area contributed by atoms with Crippen LogP contribution in [0.5, 0.6) is 5.75 Å². The molecule has 2 rings (SSSR count). The molecule has 0 aliphatic rings. The lowest BCUT2D eigenvalue weighted by Gasteiger charge is -2.06. The van der Waals surface area contributed by atoms with Gasteiger partial charge in [0, 0.05) is 18.5 Å². The van der Waals surface area contributed by atoms with Crippen LogP contribution >= 0.6 is 0 Å². The predicted molar refractivity (Wildman–Crippen MR) is 71.5 cm³/mol. The molecule has 0 amide bonds.